The highest BCUT2D eigenvalue weighted by molar-refractivity contribution is 5.76. The maximum atomic E-state index is 11.7. The third-order valence-electron chi connectivity index (χ3n) is 3.13. The van der Waals surface area contributed by atoms with Gasteiger partial charge in [-0.05, 0) is 37.1 Å². The summed E-state index contributed by atoms with van der Waals surface area (Å²) < 4.78 is 5.04. The Hall–Kier alpha value is -1.62. The van der Waals surface area contributed by atoms with Crippen molar-refractivity contribution in [2.24, 2.45) is 5.92 Å². The van der Waals surface area contributed by atoms with Crippen LogP contribution in [0.3, 0.4) is 0 Å². The molecule has 2 rings (SSSR count). The lowest BCUT2D eigenvalue weighted by Gasteiger charge is -2.09. The number of pyridine rings is 1. The number of carbonyl (C=O) groups excluding carboxylic acids is 1. The molecule has 0 aliphatic carbocycles. The molecular weight excluding hydrogens is 230 g/mol. The van der Waals surface area contributed by atoms with Crippen molar-refractivity contribution in [2.45, 2.75) is 19.4 Å². The zero-order chi connectivity index (χ0) is 12.8. The molecule has 98 valence electrons. The van der Waals surface area contributed by atoms with E-state index in [-0.39, 0.29) is 5.91 Å². The van der Waals surface area contributed by atoms with Crippen LogP contribution in [0.15, 0.2) is 18.3 Å². The summed E-state index contributed by atoms with van der Waals surface area (Å²) in [5.74, 6) is 1.16. The van der Waals surface area contributed by atoms with E-state index >= 15 is 0 Å². The molecule has 1 amide bonds. The lowest BCUT2D eigenvalue weighted by Crippen LogP contribution is -2.25. The third-order valence-corrected chi connectivity index (χ3v) is 3.13. The minimum Gasteiger partial charge on any atom is -0.481 e. The molecule has 0 saturated carbocycles. The smallest absolute Gasteiger partial charge is 0.220 e. The molecular formula is C13H19N3O2. The predicted octanol–water partition coefficient (Wildman–Crippen LogP) is 0.706. The molecule has 18 heavy (non-hydrogen) atoms. The number of ether oxygens (including phenoxy) is 1. The van der Waals surface area contributed by atoms with Crippen LogP contribution in [-0.4, -0.2) is 31.1 Å². The first kappa shape index (κ1) is 12.8. The van der Waals surface area contributed by atoms with E-state index in [0.29, 0.717) is 24.8 Å². The molecule has 1 aromatic heterocycles. The Balaban J connectivity index is 1.77. The summed E-state index contributed by atoms with van der Waals surface area (Å²) in [4.78, 5) is 15.8. The van der Waals surface area contributed by atoms with Gasteiger partial charge in [0.1, 0.15) is 0 Å². The Morgan fingerprint density at radius 1 is 1.67 bits per heavy atom. The lowest BCUT2D eigenvalue weighted by atomic mass is 10.0. The van der Waals surface area contributed by atoms with Gasteiger partial charge < -0.3 is 15.4 Å². The fraction of sp³-hybridized carbons (Fsp3) is 0.538. The molecule has 0 bridgehead atoms. The van der Waals surface area contributed by atoms with Crippen LogP contribution < -0.4 is 15.4 Å². The van der Waals surface area contributed by atoms with Crippen LogP contribution >= 0.6 is 0 Å². The summed E-state index contributed by atoms with van der Waals surface area (Å²) in [6.45, 7) is 2.51. The molecule has 0 radical (unpaired) electrons. The Kier molecular flexibility index (Phi) is 4.52. The fourth-order valence-corrected chi connectivity index (χ4v) is 2.10. The van der Waals surface area contributed by atoms with Crippen molar-refractivity contribution < 1.29 is 9.53 Å². The summed E-state index contributed by atoms with van der Waals surface area (Å²) in [5, 5.41) is 6.19. The first-order valence-corrected chi connectivity index (χ1v) is 6.24. The van der Waals surface area contributed by atoms with Crippen LogP contribution in [0.5, 0.6) is 5.88 Å². The minimum absolute atomic E-state index is 0.111. The van der Waals surface area contributed by atoms with Crippen LogP contribution in [-0.2, 0) is 11.3 Å². The zero-order valence-corrected chi connectivity index (χ0v) is 10.6. The van der Waals surface area contributed by atoms with Crippen molar-refractivity contribution in [1.82, 2.24) is 15.6 Å². The number of amides is 1. The van der Waals surface area contributed by atoms with E-state index in [1.807, 2.05) is 12.1 Å². The molecule has 1 saturated heterocycles. The molecule has 0 spiro atoms. The second kappa shape index (κ2) is 6.35. The van der Waals surface area contributed by atoms with Crippen molar-refractivity contribution in [3.8, 4) is 5.88 Å². The molecule has 2 N–H and O–H groups in total. The average Bonchev–Trinajstić information content (AvgIpc) is 2.89. The minimum atomic E-state index is 0.111. The molecule has 5 nitrogen and oxygen atoms in total. The summed E-state index contributed by atoms with van der Waals surface area (Å²) in [7, 11) is 1.58. The molecule has 1 aromatic rings. The normalized spacial score (nSPS) is 18.6. The molecule has 1 aliphatic heterocycles. The number of nitrogens with zero attached hydrogens (tertiary/aromatic N) is 1. The fourth-order valence-electron chi connectivity index (χ4n) is 2.10. The Bertz CT molecular complexity index is 403. The lowest BCUT2D eigenvalue weighted by molar-refractivity contribution is -0.122. The largest absolute Gasteiger partial charge is 0.481 e. The quantitative estimate of drug-likeness (QED) is 0.806. The summed E-state index contributed by atoms with van der Waals surface area (Å²) in [6, 6.07) is 3.71. The summed E-state index contributed by atoms with van der Waals surface area (Å²) in [5.41, 5.74) is 1.000. The van der Waals surface area contributed by atoms with Gasteiger partial charge in [-0.15, -0.1) is 0 Å². The van der Waals surface area contributed by atoms with Crippen molar-refractivity contribution in [3.05, 3.63) is 23.9 Å². The average molecular weight is 249 g/mol. The number of methoxy groups -OCH3 is 1. The Morgan fingerprint density at radius 2 is 2.56 bits per heavy atom. The Morgan fingerprint density at radius 3 is 3.28 bits per heavy atom. The van der Waals surface area contributed by atoms with Crippen molar-refractivity contribution in [3.63, 3.8) is 0 Å². The van der Waals surface area contributed by atoms with Crippen LogP contribution in [0.25, 0.3) is 0 Å². The number of nitrogens with one attached hydrogen (secondary N) is 2. The number of hydrogen-bond donors (Lipinski definition) is 2. The standard InChI is InChI=1S/C13H19N3O2/c1-18-13-7-11(3-5-15-13)9-16-12(17)6-10-2-4-14-8-10/h3,5,7,10,14H,2,4,6,8-9H2,1H3,(H,16,17). The van der Waals surface area contributed by atoms with E-state index < -0.39 is 0 Å². The molecule has 1 unspecified atom stereocenters. The zero-order valence-electron chi connectivity index (χ0n) is 10.6. The second-order valence-corrected chi connectivity index (χ2v) is 4.55. The Labute approximate surface area is 107 Å². The topological polar surface area (TPSA) is 63.2 Å². The number of rotatable bonds is 5. The first-order chi connectivity index (χ1) is 8.78. The van der Waals surface area contributed by atoms with Crippen LogP contribution in [0.4, 0.5) is 0 Å². The highest BCUT2D eigenvalue weighted by Crippen LogP contribution is 2.12. The van der Waals surface area contributed by atoms with Crippen molar-refractivity contribution >= 4 is 5.91 Å². The third kappa shape index (κ3) is 3.70. The molecule has 5 heteroatoms. The van der Waals surface area contributed by atoms with Gasteiger partial charge in [0.05, 0.1) is 7.11 Å². The van der Waals surface area contributed by atoms with Gasteiger partial charge >= 0.3 is 0 Å². The van der Waals surface area contributed by atoms with E-state index in [1.54, 1.807) is 13.3 Å². The molecule has 1 atom stereocenters. The maximum Gasteiger partial charge on any atom is 0.220 e. The van der Waals surface area contributed by atoms with Crippen molar-refractivity contribution in [2.75, 3.05) is 20.2 Å². The van der Waals surface area contributed by atoms with Gasteiger partial charge in [-0.1, -0.05) is 0 Å². The number of aromatic nitrogens is 1. The van der Waals surface area contributed by atoms with Gasteiger partial charge in [0.2, 0.25) is 11.8 Å². The van der Waals surface area contributed by atoms with Gasteiger partial charge in [-0.25, -0.2) is 4.98 Å². The van der Waals surface area contributed by atoms with Gasteiger partial charge in [-0.3, -0.25) is 4.79 Å². The molecule has 2 heterocycles. The number of hydrogen-bond acceptors (Lipinski definition) is 4. The SMILES string of the molecule is COc1cc(CNC(=O)CC2CCNC2)ccn1. The number of carbonyl (C=O) groups is 1. The van der Waals surface area contributed by atoms with E-state index in [2.05, 4.69) is 15.6 Å². The van der Waals surface area contributed by atoms with Gasteiger partial charge in [-0.2, -0.15) is 0 Å². The predicted molar refractivity (Wildman–Crippen MR) is 68.2 cm³/mol. The molecule has 1 fully saturated rings. The summed E-state index contributed by atoms with van der Waals surface area (Å²) >= 11 is 0. The van der Waals surface area contributed by atoms with Gasteiger partial charge in [0, 0.05) is 25.2 Å². The highest BCUT2D eigenvalue weighted by atomic mass is 16.5. The van der Waals surface area contributed by atoms with Crippen molar-refractivity contribution in [1.29, 1.82) is 0 Å². The van der Waals surface area contributed by atoms with Crippen LogP contribution in [0.2, 0.25) is 0 Å². The monoisotopic (exact) mass is 249 g/mol. The molecule has 0 aromatic carbocycles. The van der Waals surface area contributed by atoms with Crippen LogP contribution in [0.1, 0.15) is 18.4 Å². The second-order valence-electron chi connectivity index (χ2n) is 4.55. The maximum absolute atomic E-state index is 11.7. The van der Waals surface area contributed by atoms with Gasteiger partial charge in [0.25, 0.3) is 0 Å². The summed E-state index contributed by atoms with van der Waals surface area (Å²) in [6.07, 6.45) is 3.38. The van der Waals surface area contributed by atoms with E-state index in [9.17, 15) is 4.79 Å². The first-order valence-electron chi connectivity index (χ1n) is 6.24. The van der Waals surface area contributed by atoms with E-state index in [0.717, 1.165) is 25.1 Å². The van der Waals surface area contributed by atoms with Crippen LogP contribution in [0, 0.1) is 5.92 Å². The van der Waals surface area contributed by atoms with Gasteiger partial charge in [0.15, 0.2) is 0 Å². The molecule has 1 aliphatic rings. The highest BCUT2D eigenvalue weighted by Gasteiger charge is 2.17. The van der Waals surface area contributed by atoms with E-state index in [4.69, 9.17) is 4.74 Å². The van der Waals surface area contributed by atoms with E-state index in [1.165, 1.54) is 0 Å².